The third-order valence-corrected chi connectivity index (χ3v) is 5.31. The van der Waals surface area contributed by atoms with E-state index in [0.717, 1.165) is 34.4 Å². The Hall–Kier alpha value is -1.10. The van der Waals surface area contributed by atoms with Gasteiger partial charge in [-0.15, -0.1) is 0 Å². The molecule has 0 radical (unpaired) electrons. The minimum absolute atomic E-state index is 0.517. The molecule has 1 saturated carbocycles. The van der Waals surface area contributed by atoms with Gasteiger partial charge in [-0.05, 0) is 57.2 Å². The van der Waals surface area contributed by atoms with Crippen LogP contribution in [0.1, 0.15) is 51.8 Å². The molecule has 1 fully saturated rings. The van der Waals surface area contributed by atoms with Gasteiger partial charge in [-0.2, -0.15) is 5.10 Å². The van der Waals surface area contributed by atoms with Gasteiger partial charge in [0, 0.05) is 12.6 Å². The summed E-state index contributed by atoms with van der Waals surface area (Å²) in [5.74, 6) is 1.59. The van der Waals surface area contributed by atoms with E-state index in [-0.39, 0.29) is 0 Å². The molecule has 4 nitrogen and oxygen atoms in total. The van der Waals surface area contributed by atoms with Crippen LogP contribution in [0.25, 0.3) is 11.2 Å². The van der Waals surface area contributed by atoms with Crippen LogP contribution < -0.4 is 0 Å². The van der Waals surface area contributed by atoms with Gasteiger partial charge < -0.3 is 4.98 Å². The quantitative estimate of drug-likeness (QED) is 0.842. The number of aromatic nitrogens is 4. The lowest BCUT2D eigenvalue weighted by Crippen LogP contribution is -2.24. The fourth-order valence-electron chi connectivity index (χ4n) is 3.54. The first-order valence-electron chi connectivity index (χ1n) is 7.70. The second kappa shape index (κ2) is 5.02. The molecule has 3 rings (SSSR count). The molecule has 3 unspecified atom stereocenters. The van der Waals surface area contributed by atoms with E-state index in [9.17, 15) is 0 Å². The van der Waals surface area contributed by atoms with E-state index in [2.05, 4.69) is 47.0 Å². The molecule has 0 aliphatic heterocycles. The minimum atomic E-state index is 0.517. The van der Waals surface area contributed by atoms with Crippen LogP contribution >= 0.6 is 12.2 Å². The average Bonchev–Trinajstić information content (AvgIpc) is 2.90. The smallest absolute Gasteiger partial charge is 0.179 e. The van der Waals surface area contributed by atoms with Crippen molar-refractivity contribution >= 4 is 23.4 Å². The van der Waals surface area contributed by atoms with Crippen molar-refractivity contribution in [2.45, 2.75) is 59.5 Å². The second-order valence-corrected chi connectivity index (χ2v) is 6.71. The maximum atomic E-state index is 5.59. The number of fused-ring (bicyclic) bond motifs is 1. The number of imidazole rings is 1. The lowest BCUT2D eigenvalue weighted by molar-refractivity contribution is 0.211. The molecule has 0 bridgehead atoms. The predicted octanol–water partition coefficient (Wildman–Crippen LogP) is 4.22. The van der Waals surface area contributed by atoms with Gasteiger partial charge in [-0.3, -0.25) is 4.57 Å². The summed E-state index contributed by atoms with van der Waals surface area (Å²) in [5, 5.41) is 4.62. The summed E-state index contributed by atoms with van der Waals surface area (Å²) in [5.41, 5.74) is 3.34. The van der Waals surface area contributed by atoms with Gasteiger partial charge in [-0.25, -0.2) is 4.68 Å². The molecule has 2 aromatic heterocycles. The topological polar surface area (TPSA) is 38.5 Å². The second-order valence-electron chi connectivity index (χ2n) is 6.32. The Morgan fingerprint density at radius 3 is 2.70 bits per heavy atom. The first-order chi connectivity index (χ1) is 9.52. The number of aryl methyl sites for hydroxylation is 2. The normalized spacial score (nSPS) is 27.3. The zero-order chi connectivity index (χ0) is 14.4. The van der Waals surface area contributed by atoms with Crippen LogP contribution in [0.15, 0.2) is 0 Å². The number of hydrogen-bond acceptors (Lipinski definition) is 2. The van der Waals surface area contributed by atoms with E-state index in [0.29, 0.717) is 6.04 Å². The van der Waals surface area contributed by atoms with E-state index < -0.39 is 0 Å². The molecule has 3 atom stereocenters. The molecule has 110 valence electrons. The Kier molecular flexibility index (Phi) is 3.48. The van der Waals surface area contributed by atoms with Crippen molar-refractivity contribution in [3.63, 3.8) is 0 Å². The van der Waals surface area contributed by atoms with Crippen molar-refractivity contribution in [2.24, 2.45) is 11.8 Å². The van der Waals surface area contributed by atoms with Crippen LogP contribution in [0, 0.1) is 23.5 Å². The van der Waals surface area contributed by atoms with Crippen molar-refractivity contribution < 1.29 is 0 Å². The first-order valence-corrected chi connectivity index (χ1v) is 8.11. The summed E-state index contributed by atoms with van der Waals surface area (Å²) in [7, 11) is 0. The molecule has 20 heavy (non-hydrogen) atoms. The van der Waals surface area contributed by atoms with Crippen molar-refractivity contribution in [1.82, 2.24) is 19.3 Å². The molecule has 5 heteroatoms. The van der Waals surface area contributed by atoms with Crippen molar-refractivity contribution in [3.05, 3.63) is 10.5 Å². The van der Waals surface area contributed by atoms with Crippen LogP contribution in [0.4, 0.5) is 0 Å². The number of aromatic amines is 1. The Balaban J connectivity index is 2.11. The highest BCUT2D eigenvalue weighted by Crippen LogP contribution is 2.38. The van der Waals surface area contributed by atoms with Crippen molar-refractivity contribution in [3.8, 4) is 0 Å². The predicted molar refractivity (Wildman–Crippen MR) is 84.5 cm³/mol. The maximum Gasteiger partial charge on any atom is 0.179 e. The lowest BCUT2D eigenvalue weighted by atomic mass is 9.79. The fourth-order valence-corrected chi connectivity index (χ4v) is 3.87. The molecule has 1 N–H and O–H groups in total. The van der Waals surface area contributed by atoms with Gasteiger partial charge in [-0.1, -0.05) is 13.8 Å². The Morgan fingerprint density at radius 2 is 2.05 bits per heavy atom. The zero-order valence-electron chi connectivity index (χ0n) is 12.8. The molecule has 0 spiro atoms. The standard InChI is InChI=1S/C15H24N4S/c1-5-18-14-13(11(4)17-18)16-15(20)19(14)12-7-6-9(2)10(3)8-12/h9-10,12H,5-8H2,1-4H3,(H,16,20). The van der Waals surface area contributed by atoms with Crippen LogP contribution in [0.5, 0.6) is 0 Å². The molecule has 2 heterocycles. The molecular weight excluding hydrogens is 268 g/mol. The third-order valence-electron chi connectivity index (χ3n) is 5.01. The summed E-state index contributed by atoms with van der Waals surface area (Å²) in [6, 6.07) is 0.517. The van der Waals surface area contributed by atoms with Gasteiger partial charge in [0.25, 0.3) is 0 Å². The van der Waals surface area contributed by atoms with Crippen LogP contribution in [-0.2, 0) is 6.54 Å². The number of nitrogens with one attached hydrogen (secondary N) is 1. The molecule has 1 aliphatic carbocycles. The van der Waals surface area contributed by atoms with Crippen molar-refractivity contribution in [1.29, 1.82) is 0 Å². The summed E-state index contributed by atoms with van der Waals surface area (Å²) < 4.78 is 5.27. The van der Waals surface area contributed by atoms with E-state index in [1.807, 2.05) is 0 Å². The highest BCUT2D eigenvalue weighted by molar-refractivity contribution is 7.71. The molecule has 0 aromatic carbocycles. The van der Waals surface area contributed by atoms with Crippen LogP contribution in [-0.4, -0.2) is 19.3 Å². The number of hydrogen-bond donors (Lipinski definition) is 1. The molecule has 0 amide bonds. The summed E-state index contributed by atoms with van der Waals surface area (Å²) in [4.78, 5) is 3.37. The monoisotopic (exact) mass is 292 g/mol. The van der Waals surface area contributed by atoms with Crippen LogP contribution in [0.3, 0.4) is 0 Å². The Morgan fingerprint density at radius 1 is 1.30 bits per heavy atom. The van der Waals surface area contributed by atoms with Gasteiger partial charge >= 0.3 is 0 Å². The maximum absolute atomic E-state index is 5.59. The Labute approximate surface area is 125 Å². The van der Waals surface area contributed by atoms with Crippen molar-refractivity contribution in [2.75, 3.05) is 0 Å². The highest BCUT2D eigenvalue weighted by atomic mass is 32.1. The third kappa shape index (κ3) is 2.03. The number of rotatable bonds is 2. The van der Waals surface area contributed by atoms with E-state index in [1.54, 1.807) is 0 Å². The lowest BCUT2D eigenvalue weighted by Gasteiger charge is -2.33. The van der Waals surface area contributed by atoms with Crippen LogP contribution in [0.2, 0.25) is 0 Å². The van der Waals surface area contributed by atoms with E-state index in [1.165, 1.54) is 24.9 Å². The molecule has 1 aliphatic rings. The number of H-pyrrole nitrogens is 1. The number of nitrogens with zero attached hydrogens (tertiary/aromatic N) is 3. The van der Waals surface area contributed by atoms with E-state index in [4.69, 9.17) is 12.2 Å². The minimum Gasteiger partial charge on any atom is -0.328 e. The average molecular weight is 292 g/mol. The van der Waals surface area contributed by atoms with E-state index >= 15 is 0 Å². The first kappa shape index (κ1) is 13.9. The largest absolute Gasteiger partial charge is 0.328 e. The SMILES string of the molecule is CCn1nc(C)c2[nH]c(=S)n(C3CCC(C)C(C)C3)c21. The Bertz CT molecular complexity index is 678. The van der Waals surface area contributed by atoms with Gasteiger partial charge in [0.05, 0.1) is 5.69 Å². The van der Waals surface area contributed by atoms with Gasteiger partial charge in [0.1, 0.15) is 5.52 Å². The summed E-state index contributed by atoms with van der Waals surface area (Å²) in [6.07, 6.45) is 3.73. The molecule has 2 aromatic rings. The summed E-state index contributed by atoms with van der Waals surface area (Å²) in [6.45, 7) is 9.81. The highest BCUT2D eigenvalue weighted by Gasteiger charge is 2.28. The van der Waals surface area contributed by atoms with Gasteiger partial charge in [0.15, 0.2) is 10.4 Å². The fraction of sp³-hybridized carbons (Fsp3) is 0.733. The summed E-state index contributed by atoms with van der Waals surface area (Å²) >= 11 is 5.59. The zero-order valence-corrected chi connectivity index (χ0v) is 13.6. The molecule has 0 saturated heterocycles. The molecular formula is C15H24N4S. The van der Waals surface area contributed by atoms with Gasteiger partial charge in [0.2, 0.25) is 0 Å².